The highest BCUT2D eigenvalue weighted by molar-refractivity contribution is 7.18. The molecule has 0 aliphatic carbocycles. The van der Waals surface area contributed by atoms with Crippen LogP contribution in [0.5, 0.6) is 0 Å². The molecule has 10 nitrogen and oxygen atoms in total. The van der Waals surface area contributed by atoms with Crippen LogP contribution >= 0.6 is 11.3 Å². The van der Waals surface area contributed by atoms with Gasteiger partial charge in [0.1, 0.15) is 10.6 Å². The highest BCUT2D eigenvalue weighted by Crippen LogP contribution is 2.36. The van der Waals surface area contributed by atoms with E-state index in [0.717, 1.165) is 32.5 Å². The monoisotopic (exact) mass is 481 g/mol. The molecular formula is C19H22F3N9OS. The molecule has 33 heavy (non-hydrogen) atoms. The zero-order valence-electron chi connectivity index (χ0n) is 17.7. The van der Waals surface area contributed by atoms with Crippen LogP contribution in [-0.4, -0.2) is 61.3 Å². The molecule has 0 aromatic carbocycles. The standard InChI is InChI=1S/C19H22F3N9OS/c1-2-3-10-6-11-15(29-4-5-31-14(9-29)26-27-17(31)19(20,21)22)24-18(25-16(11)33-10)30-7-12(23)13(8-30)28-32/h6,13,23,28,32H,2-5,7-9H2,1H3. The van der Waals surface area contributed by atoms with E-state index in [9.17, 15) is 18.4 Å². The van der Waals surface area contributed by atoms with Crippen molar-refractivity contribution in [2.45, 2.75) is 45.1 Å². The van der Waals surface area contributed by atoms with Crippen molar-refractivity contribution in [1.82, 2.24) is 30.2 Å². The summed E-state index contributed by atoms with van der Waals surface area (Å²) in [5.41, 5.74) is 2.46. The summed E-state index contributed by atoms with van der Waals surface area (Å²) < 4.78 is 40.8. The fourth-order valence-corrected chi connectivity index (χ4v) is 5.35. The second-order valence-electron chi connectivity index (χ2n) is 8.13. The Balaban J connectivity index is 1.54. The van der Waals surface area contributed by atoms with Crippen molar-refractivity contribution in [1.29, 1.82) is 5.41 Å². The van der Waals surface area contributed by atoms with E-state index in [4.69, 9.17) is 15.4 Å². The maximum atomic E-state index is 13.2. The number of alkyl halides is 3. The first-order valence-electron chi connectivity index (χ1n) is 10.5. The number of hydrogen-bond donors (Lipinski definition) is 3. The van der Waals surface area contributed by atoms with Crippen LogP contribution in [0.25, 0.3) is 10.2 Å². The topological polar surface area (TPSA) is 119 Å². The van der Waals surface area contributed by atoms with E-state index in [2.05, 4.69) is 22.6 Å². The summed E-state index contributed by atoms with van der Waals surface area (Å²) in [5, 5.41) is 25.3. The highest BCUT2D eigenvalue weighted by Gasteiger charge is 2.40. The van der Waals surface area contributed by atoms with Gasteiger partial charge in [0.25, 0.3) is 0 Å². The van der Waals surface area contributed by atoms with Crippen LogP contribution in [0.3, 0.4) is 0 Å². The Hall–Kier alpha value is -2.84. The molecule has 3 aromatic rings. The van der Waals surface area contributed by atoms with Crippen LogP contribution in [0, 0.1) is 5.41 Å². The van der Waals surface area contributed by atoms with Gasteiger partial charge in [0.15, 0.2) is 5.82 Å². The molecule has 3 N–H and O–H groups in total. The SMILES string of the molecule is CCCc1cc2c(N3CCn4c(nnc4C(F)(F)F)C3)nc(N3CC(=N)C(NO)C3)nc2s1. The normalized spacial score (nSPS) is 19.1. The van der Waals surface area contributed by atoms with Gasteiger partial charge in [-0.3, -0.25) is 0 Å². The number of aromatic nitrogens is 5. The van der Waals surface area contributed by atoms with E-state index in [-0.39, 0.29) is 25.5 Å². The molecular weight excluding hydrogens is 459 g/mol. The van der Waals surface area contributed by atoms with Gasteiger partial charge in [-0.2, -0.15) is 23.6 Å². The van der Waals surface area contributed by atoms with Crippen molar-refractivity contribution in [3.8, 4) is 0 Å². The number of thiophene rings is 1. The van der Waals surface area contributed by atoms with E-state index < -0.39 is 18.0 Å². The van der Waals surface area contributed by atoms with Crippen LogP contribution in [0.1, 0.15) is 29.9 Å². The smallest absolute Gasteiger partial charge is 0.347 e. The summed E-state index contributed by atoms with van der Waals surface area (Å²) >= 11 is 1.57. The molecule has 5 heterocycles. The third-order valence-corrected chi connectivity index (χ3v) is 6.93. The Morgan fingerprint density at radius 1 is 1.21 bits per heavy atom. The van der Waals surface area contributed by atoms with E-state index in [0.29, 0.717) is 30.6 Å². The Kier molecular flexibility index (Phi) is 5.45. The molecule has 1 fully saturated rings. The van der Waals surface area contributed by atoms with Crippen LogP contribution in [0.2, 0.25) is 0 Å². The van der Waals surface area contributed by atoms with Gasteiger partial charge < -0.3 is 25.0 Å². The average molecular weight is 482 g/mol. The molecule has 1 unspecified atom stereocenters. The zero-order chi connectivity index (χ0) is 23.3. The molecule has 0 radical (unpaired) electrons. The first-order chi connectivity index (χ1) is 15.8. The molecule has 176 valence electrons. The largest absolute Gasteiger partial charge is 0.451 e. The minimum atomic E-state index is -4.55. The average Bonchev–Trinajstić information content (AvgIpc) is 3.47. The Morgan fingerprint density at radius 2 is 2.03 bits per heavy atom. The number of hydroxylamine groups is 1. The summed E-state index contributed by atoms with van der Waals surface area (Å²) in [7, 11) is 0. The predicted molar refractivity (Wildman–Crippen MR) is 116 cm³/mol. The van der Waals surface area contributed by atoms with Crippen molar-refractivity contribution in [2.24, 2.45) is 0 Å². The molecule has 0 spiro atoms. The van der Waals surface area contributed by atoms with Gasteiger partial charge in [0, 0.05) is 30.2 Å². The third-order valence-electron chi connectivity index (χ3n) is 5.84. The lowest BCUT2D eigenvalue weighted by Gasteiger charge is -2.30. The first-order valence-corrected chi connectivity index (χ1v) is 11.4. The summed E-state index contributed by atoms with van der Waals surface area (Å²) in [4.78, 5) is 15.2. The molecule has 3 aromatic heterocycles. The minimum absolute atomic E-state index is 0.0921. The Morgan fingerprint density at radius 3 is 2.73 bits per heavy atom. The van der Waals surface area contributed by atoms with Crippen LogP contribution in [0.15, 0.2) is 6.07 Å². The fourth-order valence-electron chi connectivity index (χ4n) is 4.23. The molecule has 0 bridgehead atoms. The van der Waals surface area contributed by atoms with Crippen molar-refractivity contribution in [3.05, 3.63) is 22.6 Å². The summed E-state index contributed by atoms with van der Waals surface area (Å²) in [6, 6.07) is 1.55. The quantitative estimate of drug-likeness (QED) is 0.476. The Labute approximate surface area is 190 Å². The number of fused-ring (bicyclic) bond motifs is 2. The fraction of sp³-hybridized carbons (Fsp3) is 0.526. The molecule has 14 heteroatoms. The van der Waals surface area contributed by atoms with Crippen molar-refractivity contribution < 1.29 is 18.4 Å². The number of aryl methyl sites for hydroxylation is 1. The predicted octanol–water partition coefficient (Wildman–Crippen LogP) is 2.46. The van der Waals surface area contributed by atoms with Crippen LogP contribution < -0.4 is 15.3 Å². The number of nitrogens with zero attached hydrogens (tertiary/aromatic N) is 7. The maximum Gasteiger partial charge on any atom is 0.451 e. The molecule has 1 atom stereocenters. The lowest BCUT2D eigenvalue weighted by atomic mass is 10.2. The lowest BCUT2D eigenvalue weighted by molar-refractivity contribution is -0.147. The van der Waals surface area contributed by atoms with Crippen LogP contribution in [-0.2, 0) is 25.7 Å². The van der Waals surface area contributed by atoms with E-state index in [1.54, 1.807) is 11.3 Å². The van der Waals surface area contributed by atoms with Crippen LogP contribution in [0.4, 0.5) is 24.9 Å². The third kappa shape index (κ3) is 3.91. The lowest BCUT2D eigenvalue weighted by Crippen LogP contribution is -2.36. The first kappa shape index (κ1) is 22.0. The van der Waals surface area contributed by atoms with Gasteiger partial charge in [0.05, 0.1) is 24.5 Å². The summed E-state index contributed by atoms with van der Waals surface area (Å²) in [6.45, 7) is 3.26. The van der Waals surface area contributed by atoms with E-state index in [1.807, 2.05) is 15.9 Å². The molecule has 1 saturated heterocycles. The van der Waals surface area contributed by atoms with Crippen molar-refractivity contribution in [3.63, 3.8) is 0 Å². The van der Waals surface area contributed by atoms with E-state index in [1.165, 1.54) is 0 Å². The molecule has 0 amide bonds. The number of halogens is 3. The van der Waals surface area contributed by atoms with Crippen molar-refractivity contribution in [2.75, 3.05) is 29.4 Å². The number of anilines is 2. The second kappa shape index (κ2) is 8.18. The van der Waals surface area contributed by atoms with Crippen molar-refractivity contribution >= 4 is 39.0 Å². The maximum absolute atomic E-state index is 13.2. The minimum Gasteiger partial charge on any atom is -0.347 e. The summed E-state index contributed by atoms with van der Waals surface area (Å²) in [6.07, 6.45) is -2.69. The highest BCUT2D eigenvalue weighted by atomic mass is 32.1. The molecule has 2 aliphatic rings. The zero-order valence-corrected chi connectivity index (χ0v) is 18.5. The molecule has 0 saturated carbocycles. The molecule has 5 rings (SSSR count). The van der Waals surface area contributed by atoms with Gasteiger partial charge in [-0.15, -0.1) is 21.5 Å². The molecule has 2 aliphatic heterocycles. The van der Waals surface area contributed by atoms with Gasteiger partial charge in [0.2, 0.25) is 11.8 Å². The number of rotatable bonds is 5. The van der Waals surface area contributed by atoms with E-state index >= 15 is 0 Å². The van der Waals surface area contributed by atoms with Gasteiger partial charge in [-0.25, -0.2) is 4.98 Å². The Bertz CT molecular complexity index is 1210. The second-order valence-corrected chi connectivity index (χ2v) is 9.24. The van der Waals surface area contributed by atoms with Gasteiger partial charge in [-0.1, -0.05) is 13.3 Å². The van der Waals surface area contributed by atoms with Gasteiger partial charge in [-0.05, 0) is 12.5 Å². The number of nitrogens with one attached hydrogen (secondary N) is 2. The summed E-state index contributed by atoms with van der Waals surface area (Å²) in [5.74, 6) is 0.305. The number of hydrogen-bond acceptors (Lipinski definition) is 10. The van der Waals surface area contributed by atoms with Gasteiger partial charge >= 0.3 is 6.18 Å².